The van der Waals surface area contributed by atoms with Crippen LogP contribution in [0.1, 0.15) is 31.7 Å². The van der Waals surface area contributed by atoms with E-state index in [0.717, 1.165) is 19.3 Å². The fourth-order valence-electron chi connectivity index (χ4n) is 0.973. The van der Waals surface area contributed by atoms with E-state index >= 15 is 0 Å². The first-order chi connectivity index (χ1) is 7.74. The molecule has 0 spiro atoms. The highest BCUT2D eigenvalue weighted by atomic mass is 16.2. The zero-order valence-electron chi connectivity index (χ0n) is 9.02. The molecule has 0 aromatic carbocycles. The highest BCUT2D eigenvalue weighted by Gasteiger charge is 1.93. The first kappa shape index (κ1) is 11.9. The van der Waals surface area contributed by atoms with Crippen molar-refractivity contribution in [2.24, 2.45) is 0 Å². The van der Waals surface area contributed by atoms with E-state index in [1.54, 1.807) is 0 Å². The average Bonchev–Trinajstić information content (AvgIpc) is 2.26. The molecule has 82 valence electrons. The molecule has 16 heavy (non-hydrogen) atoms. The van der Waals surface area contributed by atoms with E-state index < -0.39 is 11.2 Å². The fourth-order valence-corrected chi connectivity index (χ4v) is 0.973. The average molecular weight is 216 g/mol. The largest absolute Gasteiger partial charge is 0.325 e. The van der Waals surface area contributed by atoms with Gasteiger partial charge in [-0.2, -0.15) is 0 Å². The van der Waals surface area contributed by atoms with Crippen LogP contribution in [-0.2, 0) is 0 Å². The van der Waals surface area contributed by atoms with Crippen LogP contribution in [0.5, 0.6) is 0 Å². The van der Waals surface area contributed by atoms with Crippen molar-refractivity contribution in [1.82, 2.24) is 9.97 Å². The first-order valence-electron chi connectivity index (χ1n) is 5.05. The second-order valence-corrected chi connectivity index (χ2v) is 3.14. The van der Waals surface area contributed by atoms with Gasteiger partial charge in [-0.15, -0.1) is 0 Å². The summed E-state index contributed by atoms with van der Waals surface area (Å²) >= 11 is 0. The summed E-state index contributed by atoms with van der Waals surface area (Å²) in [6.07, 6.45) is 4.24. The molecule has 2 N–H and O–H groups in total. The summed E-state index contributed by atoms with van der Waals surface area (Å²) in [6.45, 7) is 2.09. The zero-order chi connectivity index (χ0) is 11.8. The number of H-pyrrole nitrogens is 2. The third-order valence-electron chi connectivity index (χ3n) is 1.82. The number of hydrogen-bond donors (Lipinski definition) is 2. The molecule has 4 nitrogen and oxygen atoms in total. The van der Waals surface area contributed by atoms with Crippen molar-refractivity contribution in [2.75, 3.05) is 0 Å². The number of rotatable bonds is 2. The van der Waals surface area contributed by atoms with Crippen molar-refractivity contribution >= 4 is 0 Å². The minimum Gasteiger partial charge on any atom is -0.313 e. The van der Waals surface area contributed by atoms with Crippen molar-refractivity contribution in [2.45, 2.75) is 26.2 Å². The SMILES string of the molecule is CCCCC#CC#Cc1c[nH]c(=O)[nH]c1=O. The third-order valence-corrected chi connectivity index (χ3v) is 1.82. The number of unbranched alkanes of at least 4 members (excludes halogenated alkanes) is 2. The van der Waals surface area contributed by atoms with Gasteiger partial charge in [0.2, 0.25) is 0 Å². The van der Waals surface area contributed by atoms with E-state index in [0.29, 0.717) is 0 Å². The molecule has 0 aliphatic heterocycles. The molecule has 0 unspecified atom stereocenters. The lowest BCUT2D eigenvalue weighted by molar-refractivity contribution is 0.828. The van der Waals surface area contributed by atoms with Crippen LogP contribution in [0, 0.1) is 23.7 Å². The Balaban J connectivity index is 2.73. The summed E-state index contributed by atoms with van der Waals surface area (Å²) in [5.41, 5.74) is -0.819. The molecule has 0 amide bonds. The van der Waals surface area contributed by atoms with Gasteiger partial charge in [0.05, 0.1) is 0 Å². The van der Waals surface area contributed by atoms with E-state index in [1.807, 2.05) is 0 Å². The lowest BCUT2D eigenvalue weighted by atomic mass is 10.2. The lowest BCUT2D eigenvalue weighted by Crippen LogP contribution is -2.23. The topological polar surface area (TPSA) is 65.7 Å². The van der Waals surface area contributed by atoms with Crippen LogP contribution in [0.2, 0.25) is 0 Å². The molecule has 0 radical (unpaired) electrons. The van der Waals surface area contributed by atoms with Crippen molar-refractivity contribution in [3.05, 3.63) is 32.6 Å². The highest BCUT2D eigenvalue weighted by Crippen LogP contribution is 1.89. The van der Waals surface area contributed by atoms with Gasteiger partial charge in [-0.1, -0.05) is 19.3 Å². The Labute approximate surface area is 93.1 Å². The summed E-state index contributed by atoms with van der Waals surface area (Å²) in [4.78, 5) is 26.3. The fraction of sp³-hybridized carbons (Fsp3) is 0.333. The predicted molar refractivity (Wildman–Crippen MR) is 61.9 cm³/mol. The summed E-state index contributed by atoms with van der Waals surface area (Å²) in [7, 11) is 0. The predicted octanol–water partition coefficient (Wildman–Crippen LogP) is 0.608. The second kappa shape index (κ2) is 6.31. The molecule has 1 aromatic heterocycles. The molecule has 0 fully saturated rings. The third kappa shape index (κ3) is 3.89. The molecule has 0 atom stereocenters. The number of hydrogen-bond acceptors (Lipinski definition) is 2. The Morgan fingerprint density at radius 1 is 1.31 bits per heavy atom. The first-order valence-corrected chi connectivity index (χ1v) is 5.05. The van der Waals surface area contributed by atoms with Crippen LogP contribution in [-0.4, -0.2) is 9.97 Å². The van der Waals surface area contributed by atoms with Crippen LogP contribution in [0.3, 0.4) is 0 Å². The molecule has 0 saturated carbocycles. The molecule has 1 aromatic rings. The maximum absolute atomic E-state index is 11.2. The van der Waals surface area contributed by atoms with Gasteiger partial charge >= 0.3 is 5.69 Å². The van der Waals surface area contributed by atoms with E-state index in [9.17, 15) is 9.59 Å². The Hall–Kier alpha value is -2.20. The maximum atomic E-state index is 11.2. The molecule has 0 aliphatic carbocycles. The van der Waals surface area contributed by atoms with E-state index in [4.69, 9.17) is 0 Å². The minimum atomic E-state index is -0.537. The second-order valence-electron chi connectivity index (χ2n) is 3.14. The molecular weight excluding hydrogens is 204 g/mol. The van der Waals surface area contributed by atoms with E-state index in [2.05, 4.69) is 40.6 Å². The maximum Gasteiger partial charge on any atom is 0.325 e. The van der Waals surface area contributed by atoms with E-state index in [-0.39, 0.29) is 5.56 Å². The Bertz CT molecular complexity index is 573. The van der Waals surface area contributed by atoms with Gasteiger partial charge < -0.3 is 4.98 Å². The number of nitrogens with one attached hydrogen (secondary N) is 2. The molecule has 0 saturated heterocycles. The minimum absolute atomic E-state index is 0.212. The van der Waals surface area contributed by atoms with Crippen molar-refractivity contribution < 1.29 is 0 Å². The Kier molecular flexibility index (Phi) is 4.69. The quantitative estimate of drug-likeness (QED) is 0.562. The smallest absolute Gasteiger partial charge is 0.313 e. The van der Waals surface area contributed by atoms with Gasteiger partial charge in [0.25, 0.3) is 5.56 Å². The van der Waals surface area contributed by atoms with Crippen LogP contribution < -0.4 is 11.2 Å². The normalized spacial score (nSPS) is 8.56. The lowest BCUT2D eigenvalue weighted by Gasteiger charge is -1.85. The van der Waals surface area contributed by atoms with Crippen LogP contribution in [0.15, 0.2) is 15.8 Å². The van der Waals surface area contributed by atoms with Crippen LogP contribution in [0.4, 0.5) is 0 Å². The van der Waals surface area contributed by atoms with Gasteiger partial charge in [0.1, 0.15) is 5.56 Å². The molecule has 1 heterocycles. The van der Waals surface area contributed by atoms with Gasteiger partial charge in [-0.25, -0.2) is 4.79 Å². The summed E-state index contributed by atoms with van der Waals surface area (Å²) in [5, 5.41) is 0. The highest BCUT2D eigenvalue weighted by molar-refractivity contribution is 5.37. The number of aromatic nitrogens is 2. The van der Waals surface area contributed by atoms with Crippen LogP contribution >= 0.6 is 0 Å². The summed E-state index contributed by atoms with van der Waals surface area (Å²) in [6, 6.07) is 0. The Morgan fingerprint density at radius 3 is 2.81 bits per heavy atom. The van der Waals surface area contributed by atoms with Gasteiger partial charge in [-0.3, -0.25) is 9.78 Å². The monoisotopic (exact) mass is 216 g/mol. The Morgan fingerprint density at radius 2 is 2.12 bits per heavy atom. The van der Waals surface area contributed by atoms with Crippen molar-refractivity contribution in [3.63, 3.8) is 0 Å². The number of aromatic amines is 2. The van der Waals surface area contributed by atoms with Gasteiger partial charge in [-0.05, 0) is 24.2 Å². The molecular formula is C12H12N2O2. The van der Waals surface area contributed by atoms with Gasteiger partial charge in [0.15, 0.2) is 0 Å². The van der Waals surface area contributed by atoms with Crippen molar-refractivity contribution in [3.8, 4) is 23.7 Å². The van der Waals surface area contributed by atoms with Gasteiger partial charge in [0, 0.05) is 12.6 Å². The summed E-state index contributed by atoms with van der Waals surface area (Å²) in [5.74, 6) is 10.7. The molecule has 4 heteroatoms. The van der Waals surface area contributed by atoms with E-state index in [1.165, 1.54) is 6.20 Å². The summed E-state index contributed by atoms with van der Waals surface area (Å²) < 4.78 is 0. The molecule has 0 bridgehead atoms. The van der Waals surface area contributed by atoms with Crippen LogP contribution in [0.25, 0.3) is 0 Å². The molecule has 1 rings (SSSR count). The molecule has 0 aliphatic rings. The standard InChI is InChI=1S/C12H12N2O2/c1-2-3-4-5-6-7-8-10-9-13-12(16)14-11(10)15/h9H,2-4H2,1H3,(H2,13,14,15,16). The zero-order valence-corrected chi connectivity index (χ0v) is 9.02. The van der Waals surface area contributed by atoms with Crippen molar-refractivity contribution in [1.29, 1.82) is 0 Å².